The zero-order valence-electron chi connectivity index (χ0n) is 18.8. The van der Waals surface area contributed by atoms with Gasteiger partial charge in [-0.3, -0.25) is 10.1 Å². The minimum Gasteiger partial charge on any atom is -0.363 e. The van der Waals surface area contributed by atoms with Crippen molar-refractivity contribution in [2.75, 3.05) is 44.2 Å². The van der Waals surface area contributed by atoms with Crippen LogP contribution in [0.1, 0.15) is 19.4 Å². The van der Waals surface area contributed by atoms with Gasteiger partial charge in [-0.15, -0.1) is 0 Å². The Labute approximate surface area is 194 Å². The molecule has 2 aromatic rings. The summed E-state index contributed by atoms with van der Waals surface area (Å²) in [5, 5.41) is 11.8. The van der Waals surface area contributed by atoms with Crippen LogP contribution in [0.15, 0.2) is 52.3 Å². The van der Waals surface area contributed by atoms with E-state index < -0.39 is 25.0 Å². The summed E-state index contributed by atoms with van der Waals surface area (Å²) in [6.07, 6.45) is 0. The maximum absolute atomic E-state index is 12.9. The highest BCUT2D eigenvalue weighted by atomic mass is 32.2. The minimum atomic E-state index is -3.84. The van der Waals surface area contributed by atoms with Crippen LogP contribution in [-0.4, -0.2) is 69.6 Å². The summed E-state index contributed by atoms with van der Waals surface area (Å²) < 4.78 is 54.0. The molecule has 1 heterocycles. The fraction of sp³-hybridized carbons (Fsp3) is 0.429. The van der Waals surface area contributed by atoms with Gasteiger partial charge in [0, 0.05) is 45.3 Å². The number of hydrogen-bond donors (Lipinski definition) is 0. The van der Waals surface area contributed by atoms with Gasteiger partial charge >= 0.3 is 0 Å². The Morgan fingerprint density at radius 1 is 0.909 bits per heavy atom. The normalized spacial score (nSPS) is 15.7. The molecule has 0 saturated carbocycles. The van der Waals surface area contributed by atoms with Crippen LogP contribution >= 0.6 is 0 Å². The van der Waals surface area contributed by atoms with Gasteiger partial charge in [0.25, 0.3) is 5.69 Å². The summed E-state index contributed by atoms with van der Waals surface area (Å²) in [5.74, 6) is 0. The van der Waals surface area contributed by atoms with Gasteiger partial charge in [0.15, 0.2) is 0 Å². The van der Waals surface area contributed by atoms with Crippen molar-refractivity contribution in [3.63, 3.8) is 0 Å². The molecule has 0 unspecified atom stereocenters. The number of anilines is 1. The standard InChI is InChI=1S/C21H28N4O6S2/c1-4-23(5-2)33(30,31)19-10-11-20(21(16-19)25(26)27)22-12-14-24(15-13-22)32(28,29)18-8-6-17(3)7-9-18/h6-11,16H,4-5,12-15H2,1-3H3. The molecular weight excluding hydrogens is 468 g/mol. The van der Waals surface area contributed by atoms with Crippen LogP contribution in [0.4, 0.5) is 11.4 Å². The molecular formula is C21H28N4O6S2. The molecule has 0 N–H and O–H groups in total. The maximum Gasteiger partial charge on any atom is 0.293 e. The average molecular weight is 497 g/mol. The summed E-state index contributed by atoms with van der Waals surface area (Å²) >= 11 is 0. The molecule has 0 aliphatic carbocycles. The van der Waals surface area contributed by atoms with E-state index in [4.69, 9.17) is 0 Å². The number of piperazine rings is 1. The summed E-state index contributed by atoms with van der Waals surface area (Å²) in [6, 6.07) is 10.5. The molecule has 10 nitrogen and oxygen atoms in total. The summed E-state index contributed by atoms with van der Waals surface area (Å²) in [7, 11) is -7.51. The first-order valence-corrected chi connectivity index (χ1v) is 13.5. The van der Waals surface area contributed by atoms with Crippen LogP contribution in [-0.2, 0) is 20.0 Å². The third-order valence-corrected chi connectivity index (χ3v) is 9.68. The van der Waals surface area contributed by atoms with Crippen molar-refractivity contribution in [3.05, 3.63) is 58.1 Å². The third-order valence-electron chi connectivity index (χ3n) is 5.72. The van der Waals surface area contributed by atoms with Gasteiger partial charge in [-0.25, -0.2) is 16.8 Å². The number of sulfonamides is 2. The summed E-state index contributed by atoms with van der Waals surface area (Å²) in [6.45, 7) is 6.60. The molecule has 0 radical (unpaired) electrons. The van der Waals surface area contributed by atoms with Gasteiger partial charge in [-0.2, -0.15) is 8.61 Å². The zero-order chi connectivity index (χ0) is 24.4. The van der Waals surface area contributed by atoms with Crippen molar-refractivity contribution in [1.82, 2.24) is 8.61 Å². The molecule has 12 heteroatoms. The smallest absolute Gasteiger partial charge is 0.293 e. The van der Waals surface area contributed by atoms with E-state index in [1.807, 2.05) is 6.92 Å². The Kier molecular flexibility index (Phi) is 7.42. The van der Waals surface area contributed by atoms with E-state index >= 15 is 0 Å². The van der Waals surface area contributed by atoms with Gasteiger partial charge in [0.2, 0.25) is 20.0 Å². The second-order valence-electron chi connectivity index (χ2n) is 7.70. The van der Waals surface area contributed by atoms with Gasteiger partial charge < -0.3 is 4.90 Å². The molecule has 1 fully saturated rings. The highest BCUT2D eigenvalue weighted by Crippen LogP contribution is 2.33. The molecule has 3 rings (SSSR count). The monoisotopic (exact) mass is 496 g/mol. The zero-order valence-corrected chi connectivity index (χ0v) is 20.5. The molecule has 33 heavy (non-hydrogen) atoms. The number of nitro benzene ring substituents is 1. The predicted octanol–water partition coefficient (Wildman–Crippen LogP) is 2.44. The number of nitro groups is 1. The van der Waals surface area contributed by atoms with Crippen LogP contribution in [0.2, 0.25) is 0 Å². The van der Waals surface area contributed by atoms with Crippen LogP contribution in [0.3, 0.4) is 0 Å². The lowest BCUT2D eigenvalue weighted by Gasteiger charge is -2.35. The highest BCUT2D eigenvalue weighted by molar-refractivity contribution is 7.89. The lowest BCUT2D eigenvalue weighted by Crippen LogP contribution is -2.48. The molecule has 0 aromatic heterocycles. The third kappa shape index (κ3) is 5.03. The van der Waals surface area contributed by atoms with Crippen molar-refractivity contribution in [2.24, 2.45) is 0 Å². The molecule has 1 saturated heterocycles. The Balaban J connectivity index is 1.84. The number of nitrogens with zero attached hydrogens (tertiary/aromatic N) is 4. The summed E-state index contributed by atoms with van der Waals surface area (Å²) in [4.78, 5) is 12.9. The Bertz CT molecular complexity index is 1220. The Morgan fingerprint density at radius 2 is 1.45 bits per heavy atom. The number of aryl methyl sites for hydroxylation is 1. The second kappa shape index (κ2) is 9.75. The number of rotatable bonds is 8. The molecule has 2 aromatic carbocycles. The first kappa shape index (κ1) is 25.1. The minimum absolute atomic E-state index is 0.137. The maximum atomic E-state index is 12.9. The van der Waals surface area contributed by atoms with Gasteiger partial charge in [0.1, 0.15) is 5.69 Å². The largest absolute Gasteiger partial charge is 0.363 e. The fourth-order valence-corrected chi connectivity index (χ4v) is 6.72. The van der Waals surface area contributed by atoms with Crippen LogP contribution in [0.5, 0.6) is 0 Å². The van der Waals surface area contributed by atoms with Crippen molar-refractivity contribution in [1.29, 1.82) is 0 Å². The van der Waals surface area contributed by atoms with E-state index in [0.717, 1.165) is 11.6 Å². The Morgan fingerprint density at radius 3 is 1.97 bits per heavy atom. The fourth-order valence-electron chi connectivity index (χ4n) is 3.82. The van der Waals surface area contributed by atoms with E-state index in [1.54, 1.807) is 43.0 Å². The van der Waals surface area contributed by atoms with Crippen molar-refractivity contribution in [3.8, 4) is 0 Å². The molecule has 0 amide bonds. The average Bonchev–Trinajstić information content (AvgIpc) is 2.79. The van der Waals surface area contributed by atoms with Crippen LogP contribution in [0, 0.1) is 17.0 Å². The van der Waals surface area contributed by atoms with E-state index in [1.165, 1.54) is 20.7 Å². The lowest BCUT2D eigenvalue weighted by molar-refractivity contribution is -0.384. The molecule has 0 bridgehead atoms. The molecule has 0 spiro atoms. The number of hydrogen-bond acceptors (Lipinski definition) is 7. The molecule has 1 aliphatic heterocycles. The van der Waals surface area contributed by atoms with Crippen molar-refractivity contribution < 1.29 is 21.8 Å². The first-order chi connectivity index (χ1) is 15.5. The highest BCUT2D eigenvalue weighted by Gasteiger charge is 2.32. The van der Waals surface area contributed by atoms with Crippen molar-refractivity contribution in [2.45, 2.75) is 30.6 Å². The second-order valence-corrected chi connectivity index (χ2v) is 11.6. The van der Waals surface area contributed by atoms with Crippen molar-refractivity contribution >= 4 is 31.4 Å². The van der Waals surface area contributed by atoms with E-state index in [2.05, 4.69) is 0 Å². The van der Waals surface area contributed by atoms with E-state index in [-0.39, 0.29) is 60.4 Å². The van der Waals surface area contributed by atoms with Gasteiger partial charge in [-0.1, -0.05) is 31.5 Å². The first-order valence-electron chi connectivity index (χ1n) is 10.6. The Hall–Kier alpha value is -2.54. The van der Waals surface area contributed by atoms with E-state index in [9.17, 15) is 26.9 Å². The predicted molar refractivity (Wildman–Crippen MR) is 125 cm³/mol. The van der Waals surface area contributed by atoms with Crippen LogP contribution < -0.4 is 4.90 Å². The van der Waals surface area contributed by atoms with E-state index in [0.29, 0.717) is 0 Å². The quantitative estimate of drug-likeness (QED) is 0.406. The SMILES string of the molecule is CCN(CC)S(=O)(=O)c1ccc(N2CCN(S(=O)(=O)c3ccc(C)cc3)CC2)c([N+](=O)[O-])c1. The topological polar surface area (TPSA) is 121 Å². The van der Waals surface area contributed by atoms with Crippen LogP contribution in [0.25, 0.3) is 0 Å². The summed E-state index contributed by atoms with van der Waals surface area (Å²) in [5.41, 5.74) is 0.904. The van der Waals surface area contributed by atoms with Gasteiger partial charge in [0.05, 0.1) is 14.7 Å². The molecule has 0 atom stereocenters. The van der Waals surface area contributed by atoms with Gasteiger partial charge in [-0.05, 0) is 31.2 Å². The molecule has 1 aliphatic rings. The molecule has 180 valence electrons. The lowest BCUT2D eigenvalue weighted by atomic mass is 10.2. The number of benzene rings is 2.